The highest BCUT2D eigenvalue weighted by Gasteiger charge is 2.33. The Labute approximate surface area is 751 Å². The van der Waals surface area contributed by atoms with Crippen LogP contribution < -0.4 is 38.5 Å². The second kappa shape index (κ2) is 37.9. The molecule has 33 heteroatoms. The first-order chi connectivity index (χ1) is 62.5. The van der Waals surface area contributed by atoms with E-state index >= 15 is 0 Å². The van der Waals surface area contributed by atoms with Crippen LogP contribution in [0.25, 0.3) is 77.3 Å². The lowest BCUT2D eigenvalue weighted by atomic mass is 10.0. The van der Waals surface area contributed by atoms with Gasteiger partial charge in [-0.1, -0.05) is 96.5 Å². The molecule has 4 fully saturated rings. The normalized spacial score (nSPS) is 15.0. The molecule has 11 aromatic carbocycles. The number of nitrogens with zero attached hydrogens (tertiary/aromatic N) is 8. The number of rotatable bonds is 16. The summed E-state index contributed by atoms with van der Waals surface area (Å²) < 4.78 is 159. The second-order valence-corrected chi connectivity index (χ2v) is 39.2. The number of pyridine rings is 4. The number of carbonyl (C=O) groups is 4. The first kappa shape index (κ1) is 89.1. The van der Waals surface area contributed by atoms with Crippen molar-refractivity contribution in [2.75, 3.05) is 87.7 Å². The number of carbonyl (C=O) groups excluding carboxylic acids is 4. The van der Waals surface area contributed by atoms with Crippen molar-refractivity contribution in [3.8, 4) is 45.0 Å². The maximum absolute atomic E-state index is 14.7. The molecule has 15 aromatic rings. The minimum atomic E-state index is -3.33. The monoisotopic (exact) mass is 1840 g/mol. The van der Waals surface area contributed by atoms with Crippen LogP contribution in [0, 0.1) is 30.2 Å². The quantitative estimate of drug-likeness (QED) is 0.0653. The minimum Gasteiger partial charge on any atom is -0.322 e. The molecule has 0 radical (unpaired) electrons. The zero-order valence-corrected chi connectivity index (χ0v) is 73.2. The van der Waals surface area contributed by atoms with Gasteiger partial charge < -0.3 is 21.3 Å². The second-order valence-electron chi connectivity index (χ2n) is 30.7. The van der Waals surface area contributed by atoms with Crippen molar-refractivity contribution in [1.29, 1.82) is 0 Å². The molecule has 19 rings (SSSR count). The van der Waals surface area contributed by atoms with Crippen molar-refractivity contribution in [3.05, 3.63) is 348 Å². The van der Waals surface area contributed by atoms with Crippen molar-refractivity contribution in [2.24, 2.45) is 0 Å². The van der Waals surface area contributed by atoms with E-state index in [-0.39, 0.29) is 63.2 Å². The predicted octanol–water partition coefficient (Wildman–Crippen LogP) is 19.1. The fraction of sp³-hybridized carbons (Fsp3) is 0.134. The maximum Gasteiger partial charge on any atom is 0.255 e. The minimum absolute atomic E-state index is 0.0679. The van der Waals surface area contributed by atoms with E-state index in [1.165, 1.54) is 65.9 Å². The SMILES string of the molecule is Cc1ccc(-c2nccc3ccccc23)cc1NC(=O)c1ccc(N2CCCS2(=O)=O)cc1.O=C(Nc1cc(F)c(F)c(-c2nccc3ccccc23)c1)c1ccc(N2CCCS2(=O)=O)cc1.O=C(Nc1ccc(Cl)c(-c2ccc(F)cn2)c1)c1ccc(N2CCCS2(=O)=O)cc1.O=C(Nc1ccc(F)c(-c2nccc3ccccc23)c1)c1ccc(N2CCCS2(=O)=O)cc1. The molecular weight excluding hydrogens is 1760 g/mol. The van der Waals surface area contributed by atoms with Gasteiger partial charge in [0.15, 0.2) is 11.6 Å². The summed E-state index contributed by atoms with van der Waals surface area (Å²) in [6.45, 7) is 3.69. The van der Waals surface area contributed by atoms with Crippen molar-refractivity contribution < 1.29 is 70.4 Å². The van der Waals surface area contributed by atoms with Crippen molar-refractivity contribution in [3.63, 3.8) is 0 Å². The van der Waals surface area contributed by atoms with E-state index in [2.05, 4.69) is 47.3 Å². The lowest BCUT2D eigenvalue weighted by molar-refractivity contribution is 0.101. The largest absolute Gasteiger partial charge is 0.322 e. The molecule has 4 saturated heterocycles. The third-order valence-electron chi connectivity index (χ3n) is 22.1. The van der Waals surface area contributed by atoms with Gasteiger partial charge in [-0.05, 0) is 230 Å². The van der Waals surface area contributed by atoms with Gasteiger partial charge in [-0.3, -0.25) is 56.3 Å². The van der Waals surface area contributed by atoms with Gasteiger partial charge in [0.05, 0.1) is 79.8 Å². The molecular formula is C97H79ClF4N12O12S4. The number of amides is 4. The number of fused-ring (bicyclic) bond motifs is 3. The van der Waals surface area contributed by atoms with E-state index in [0.29, 0.717) is 141 Å². The Balaban J connectivity index is 0.000000127. The zero-order chi connectivity index (χ0) is 91.2. The van der Waals surface area contributed by atoms with E-state index in [1.807, 2.05) is 91.9 Å². The first-order valence-electron chi connectivity index (χ1n) is 41.0. The molecule has 658 valence electrons. The third kappa shape index (κ3) is 19.9. The van der Waals surface area contributed by atoms with Gasteiger partial charge in [0.2, 0.25) is 40.1 Å². The summed E-state index contributed by atoms with van der Waals surface area (Å²) in [5, 5.41) is 16.9. The van der Waals surface area contributed by atoms with Gasteiger partial charge >= 0.3 is 0 Å². The van der Waals surface area contributed by atoms with Gasteiger partial charge in [0, 0.05) is 134 Å². The van der Waals surface area contributed by atoms with Crippen molar-refractivity contribution >= 4 is 153 Å². The zero-order valence-electron chi connectivity index (χ0n) is 69.2. The van der Waals surface area contributed by atoms with Gasteiger partial charge in [-0.15, -0.1) is 0 Å². The van der Waals surface area contributed by atoms with E-state index < -0.39 is 69.3 Å². The van der Waals surface area contributed by atoms with Crippen LogP contribution in [0.1, 0.15) is 72.7 Å². The Bertz CT molecular complexity index is 7400. The van der Waals surface area contributed by atoms with Crippen LogP contribution in [0.2, 0.25) is 5.02 Å². The standard InChI is InChI=1S/C26H23N3O3S.C25H19F2N3O3S.C25H20FN3O3S.C21H17ClFN3O3S/c1-18-7-8-21(25-23-6-3-2-5-19(23)13-14-27-25)17-24(18)28-26(30)20-9-11-22(12-10-20)29-15-4-16-33(29,31)32;26-22-15-18(14-21(23(22)27)24-20-5-2-1-4-16(20)10-11-28-24)29-25(31)17-6-8-19(9-7-17)30-12-3-13-34(30,32)33;26-23-11-8-19(16-22(23)24-21-5-2-1-4-17(21)12-13-27-24)28-25(30)18-6-9-20(10-7-18)29-14-3-15-33(29,31)32;22-19-8-5-16(12-18(19)20-9-4-15(23)13-24-20)25-21(27)14-2-6-17(7-3-14)26-10-1-11-30(26,28)29/h2-3,5-14,17H,4,15-16H2,1H3,(H,28,30);1-2,4-11,14-15H,3,12-13H2,(H,29,31);1-2,4-13,16H,3,14-15H2,(H,28,30);2-9,12-13H,1,10-11H2,(H,25,27). The molecule has 4 aromatic heterocycles. The molecule has 4 amide bonds. The number of nitrogens with one attached hydrogen (secondary N) is 4. The van der Waals surface area contributed by atoms with Crippen LogP contribution in [0.15, 0.2) is 292 Å². The summed E-state index contributed by atoms with van der Waals surface area (Å²) >= 11 is 6.23. The highest BCUT2D eigenvalue weighted by Crippen LogP contribution is 2.38. The predicted molar refractivity (Wildman–Crippen MR) is 501 cm³/mol. The molecule has 130 heavy (non-hydrogen) atoms. The number of hydrogen-bond donors (Lipinski definition) is 4. The fourth-order valence-corrected chi connectivity index (χ4v) is 22.0. The molecule has 4 aliphatic heterocycles. The third-order valence-corrected chi connectivity index (χ3v) is 29.9. The molecule has 4 N–H and O–H groups in total. The lowest BCUT2D eigenvalue weighted by Crippen LogP contribution is -2.25. The number of benzene rings is 11. The Morgan fingerprint density at radius 3 is 1.12 bits per heavy atom. The molecule has 0 unspecified atom stereocenters. The Kier molecular flexibility index (Phi) is 26.0. The van der Waals surface area contributed by atoms with Crippen LogP contribution in [0.3, 0.4) is 0 Å². The van der Waals surface area contributed by atoms with Crippen LogP contribution in [0.4, 0.5) is 63.1 Å². The molecule has 0 bridgehead atoms. The molecule has 0 saturated carbocycles. The highest BCUT2D eigenvalue weighted by atomic mass is 35.5. The number of aryl methyl sites for hydroxylation is 1. The van der Waals surface area contributed by atoms with Crippen LogP contribution in [0.5, 0.6) is 0 Å². The van der Waals surface area contributed by atoms with E-state index in [9.17, 15) is 70.4 Å². The van der Waals surface area contributed by atoms with Crippen molar-refractivity contribution in [2.45, 2.75) is 32.6 Å². The van der Waals surface area contributed by atoms with Gasteiger partial charge in [0.1, 0.15) is 11.6 Å². The summed E-state index contributed by atoms with van der Waals surface area (Å²) in [5.41, 5.74) is 10.0. The molecule has 8 heterocycles. The average molecular weight is 1840 g/mol. The Morgan fingerprint density at radius 1 is 0.346 bits per heavy atom. The maximum atomic E-state index is 14.7. The Morgan fingerprint density at radius 2 is 0.715 bits per heavy atom. The summed E-state index contributed by atoms with van der Waals surface area (Å²) in [6.07, 6.45) is 8.37. The van der Waals surface area contributed by atoms with Gasteiger partial charge in [-0.25, -0.2) is 51.2 Å². The number of sulfonamides is 4. The summed E-state index contributed by atoms with van der Waals surface area (Å²) in [6, 6.07) is 74.3. The summed E-state index contributed by atoms with van der Waals surface area (Å²) in [4.78, 5) is 68.3. The Hall–Kier alpha value is -14.3. The van der Waals surface area contributed by atoms with Crippen LogP contribution in [-0.2, 0) is 40.1 Å². The molecule has 0 spiro atoms. The lowest BCUT2D eigenvalue weighted by Gasteiger charge is -2.17. The average Bonchev–Trinajstić information content (AvgIpc) is 0.959. The fourth-order valence-electron chi connectivity index (χ4n) is 15.5. The van der Waals surface area contributed by atoms with Crippen LogP contribution in [-0.4, -0.2) is 126 Å². The number of anilines is 8. The topological polar surface area (TPSA) is 317 Å². The first-order valence-corrected chi connectivity index (χ1v) is 47.8. The highest BCUT2D eigenvalue weighted by molar-refractivity contribution is 7.94. The molecule has 24 nitrogen and oxygen atoms in total. The smallest absolute Gasteiger partial charge is 0.255 e. The molecule has 0 atom stereocenters. The van der Waals surface area contributed by atoms with Gasteiger partial charge in [0.25, 0.3) is 23.6 Å². The number of aromatic nitrogens is 4. The summed E-state index contributed by atoms with van der Waals surface area (Å²) in [7, 11) is -13.1. The van der Waals surface area contributed by atoms with Crippen LogP contribution >= 0.6 is 11.6 Å². The molecule has 4 aliphatic rings. The van der Waals surface area contributed by atoms with Gasteiger partial charge in [-0.2, -0.15) is 0 Å². The number of hydrogen-bond acceptors (Lipinski definition) is 16. The van der Waals surface area contributed by atoms with E-state index in [4.69, 9.17) is 11.6 Å². The van der Waals surface area contributed by atoms with E-state index in [0.717, 1.165) is 56.0 Å². The van der Waals surface area contributed by atoms with E-state index in [1.54, 1.807) is 140 Å². The van der Waals surface area contributed by atoms with Crippen molar-refractivity contribution in [1.82, 2.24) is 19.9 Å². The number of halogens is 5. The summed E-state index contributed by atoms with van der Waals surface area (Å²) in [5.74, 6) is -4.07. The molecule has 0 aliphatic carbocycles.